The minimum absolute atomic E-state index is 0.00326. The molecule has 0 aromatic rings. The first-order valence-corrected chi connectivity index (χ1v) is 9.07. The highest BCUT2D eigenvalue weighted by atomic mass is 16.5. The van der Waals surface area contributed by atoms with Gasteiger partial charge in [0.15, 0.2) is 0 Å². The van der Waals surface area contributed by atoms with Crippen LogP contribution in [0.4, 0.5) is 0 Å². The third kappa shape index (κ3) is 17.2. The smallest absolute Gasteiger partial charge is 0.305 e. The van der Waals surface area contributed by atoms with E-state index in [2.05, 4.69) is 13.5 Å². The van der Waals surface area contributed by atoms with Crippen molar-refractivity contribution in [3.05, 3.63) is 12.7 Å². The van der Waals surface area contributed by atoms with Crippen molar-refractivity contribution in [2.45, 2.75) is 96.8 Å². The fourth-order valence-corrected chi connectivity index (χ4v) is 2.41. The lowest BCUT2D eigenvalue weighted by molar-refractivity contribution is -0.143. The summed E-state index contributed by atoms with van der Waals surface area (Å²) >= 11 is 0. The van der Waals surface area contributed by atoms with Crippen LogP contribution in [0.2, 0.25) is 0 Å². The summed E-state index contributed by atoms with van der Waals surface area (Å²) in [5.74, 6) is -0.00326. The maximum absolute atomic E-state index is 11.5. The molecule has 0 N–H and O–H groups in total. The lowest BCUT2D eigenvalue weighted by atomic mass is 10.1. The molecule has 21 heavy (non-hydrogen) atoms. The molecular formula is C19H36O2. The Labute approximate surface area is 132 Å². The van der Waals surface area contributed by atoms with Gasteiger partial charge in [-0.05, 0) is 25.7 Å². The number of allylic oxidation sites excluding steroid dienone is 1. The van der Waals surface area contributed by atoms with Crippen LogP contribution in [0.15, 0.2) is 12.7 Å². The van der Waals surface area contributed by atoms with Crippen molar-refractivity contribution < 1.29 is 9.53 Å². The molecule has 0 aliphatic carbocycles. The van der Waals surface area contributed by atoms with Crippen LogP contribution < -0.4 is 0 Å². The lowest BCUT2D eigenvalue weighted by Crippen LogP contribution is -2.05. The number of hydrogen-bond acceptors (Lipinski definition) is 2. The van der Waals surface area contributed by atoms with Gasteiger partial charge in [-0.15, -0.1) is 6.58 Å². The van der Waals surface area contributed by atoms with Gasteiger partial charge >= 0.3 is 5.97 Å². The number of ether oxygens (including phenoxy) is 1. The van der Waals surface area contributed by atoms with E-state index in [1.807, 2.05) is 6.08 Å². The molecule has 0 rings (SSSR count). The molecule has 0 aliphatic rings. The van der Waals surface area contributed by atoms with Crippen LogP contribution in [0.1, 0.15) is 96.8 Å². The average Bonchev–Trinajstić information content (AvgIpc) is 2.49. The van der Waals surface area contributed by atoms with Gasteiger partial charge in [0.05, 0.1) is 6.61 Å². The first kappa shape index (κ1) is 20.2. The van der Waals surface area contributed by atoms with Gasteiger partial charge in [-0.2, -0.15) is 0 Å². The van der Waals surface area contributed by atoms with Crippen molar-refractivity contribution in [2.75, 3.05) is 6.61 Å². The SMILES string of the molecule is C=CCCCCCCCCOC(=O)CCCCCCCC. The molecule has 124 valence electrons. The summed E-state index contributed by atoms with van der Waals surface area (Å²) in [5.41, 5.74) is 0. The van der Waals surface area contributed by atoms with Crippen molar-refractivity contribution in [3.8, 4) is 0 Å². The predicted molar refractivity (Wildman–Crippen MR) is 91.5 cm³/mol. The van der Waals surface area contributed by atoms with Crippen LogP contribution in [-0.2, 0) is 9.53 Å². The number of carbonyl (C=O) groups excluding carboxylic acids is 1. The van der Waals surface area contributed by atoms with Gasteiger partial charge in [0.2, 0.25) is 0 Å². The van der Waals surface area contributed by atoms with Gasteiger partial charge in [0.1, 0.15) is 0 Å². The Morgan fingerprint density at radius 3 is 2.10 bits per heavy atom. The van der Waals surface area contributed by atoms with Crippen molar-refractivity contribution in [2.24, 2.45) is 0 Å². The van der Waals surface area contributed by atoms with Crippen LogP contribution in [0.3, 0.4) is 0 Å². The molecule has 0 atom stereocenters. The van der Waals surface area contributed by atoms with Crippen LogP contribution in [0.25, 0.3) is 0 Å². The molecule has 0 heterocycles. The maximum atomic E-state index is 11.5. The minimum Gasteiger partial charge on any atom is -0.466 e. The van der Waals surface area contributed by atoms with E-state index in [1.165, 1.54) is 64.2 Å². The Bertz CT molecular complexity index is 236. The summed E-state index contributed by atoms with van der Waals surface area (Å²) in [6, 6.07) is 0. The lowest BCUT2D eigenvalue weighted by Gasteiger charge is -2.05. The Morgan fingerprint density at radius 1 is 0.857 bits per heavy atom. The summed E-state index contributed by atoms with van der Waals surface area (Å²) in [7, 11) is 0. The first-order valence-electron chi connectivity index (χ1n) is 9.07. The van der Waals surface area contributed by atoms with E-state index in [4.69, 9.17) is 4.74 Å². The van der Waals surface area contributed by atoms with E-state index in [0.717, 1.165) is 19.3 Å². The Hall–Kier alpha value is -0.790. The molecule has 0 radical (unpaired) electrons. The molecule has 0 saturated heterocycles. The third-order valence-electron chi connectivity index (χ3n) is 3.80. The number of unbranched alkanes of at least 4 members (excludes halogenated alkanes) is 11. The van der Waals surface area contributed by atoms with E-state index in [9.17, 15) is 4.79 Å². The van der Waals surface area contributed by atoms with Gasteiger partial charge < -0.3 is 4.74 Å². The van der Waals surface area contributed by atoms with Gasteiger partial charge in [0.25, 0.3) is 0 Å². The third-order valence-corrected chi connectivity index (χ3v) is 3.80. The number of rotatable bonds is 16. The molecule has 0 bridgehead atoms. The normalized spacial score (nSPS) is 10.5. The van der Waals surface area contributed by atoms with Gasteiger partial charge in [-0.25, -0.2) is 0 Å². The fraction of sp³-hybridized carbons (Fsp3) is 0.842. The second kappa shape index (κ2) is 17.3. The van der Waals surface area contributed by atoms with E-state index in [1.54, 1.807) is 0 Å². The Morgan fingerprint density at radius 2 is 1.43 bits per heavy atom. The fourth-order valence-electron chi connectivity index (χ4n) is 2.41. The second-order valence-corrected chi connectivity index (χ2v) is 5.94. The highest BCUT2D eigenvalue weighted by Crippen LogP contribution is 2.09. The monoisotopic (exact) mass is 296 g/mol. The Balaban J connectivity index is 3.14. The molecule has 2 nitrogen and oxygen atoms in total. The second-order valence-electron chi connectivity index (χ2n) is 5.94. The molecule has 0 saturated carbocycles. The molecule has 0 amide bonds. The van der Waals surface area contributed by atoms with E-state index in [-0.39, 0.29) is 5.97 Å². The summed E-state index contributed by atoms with van der Waals surface area (Å²) in [6.45, 7) is 6.56. The summed E-state index contributed by atoms with van der Waals surface area (Å²) < 4.78 is 5.26. The number of esters is 1. The molecule has 0 aliphatic heterocycles. The van der Waals surface area contributed by atoms with Gasteiger partial charge in [-0.1, -0.05) is 70.8 Å². The van der Waals surface area contributed by atoms with Crippen molar-refractivity contribution in [1.82, 2.24) is 0 Å². The van der Waals surface area contributed by atoms with Crippen LogP contribution in [-0.4, -0.2) is 12.6 Å². The quantitative estimate of drug-likeness (QED) is 0.193. The molecule has 0 aromatic carbocycles. The molecule has 0 aromatic heterocycles. The highest BCUT2D eigenvalue weighted by Gasteiger charge is 2.02. The largest absolute Gasteiger partial charge is 0.466 e. The zero-order chi connectivity index (χ0) is 15.6. The van der Waals surface area contributed by atoms with E-state index >= 15 is 0 Å². The van der Waals surface area contributed by atoms with E-state index < -0.39 is 0 Å². The van der Waals surface area contributed by atoms with Crippen molar-refractivity contribution in [1.29, 1.82) is 0 Å². The van der Waals surface area contributed by atoms with Crippen molar-refractivity contribution >= 4 is 5.97 Å². The molecule has 0 unspecified atom stereocenters. The minimum atomic E-state index is -0.00326. The standard InChI is InChI=1S/C19H36O2/c1-3-5-7-9-11-12-14-16-18-21-19(20)17-15-13-10-8-6-4-2/h3H,1,4-18H2,2H3. The van der Waals surface area contributed by atoms with E-state index in [0.29, 0.717) is 13.0 Å². The predicted octanol–water partition coefficient (Wildman–Crippen LogP) is 6.20. The van der Waals surface area contributed by atoms with Crippen LogP contribution in [0.5, 0.6) is 0 Å². The number of hydrogen-bond donors (Lipinski definition) is 0. The molecule has 2 heteroatoms. The van der Waals surface area contributed by atoms with Crippen molar-refractivity contribution in [3.63, 3.8) is 0 Å². The van der Waals surface area contributed by atoms with Gasteiger partial charge in [0, 0.05) is 6.42 Å². The highest BCUT2D eigenvalue weighted by molar-refractivity contribution is 5.69. The Kier molecular flexibility index (Phi) is 16.6. The first-order chi connectivity index (χ1) is 10.3. The summed E-state index contributed by atoms with van der Waals surface area (Å²) in [6.07, 6.45) is 18.3. The topological polar surface area (TPSA) is 26.3 Å². The summed E-state index contributed by atoms with van der Waals surface area (Å²) in [4.78, 5) is 11.5. The van der Waals surface area contributed by atoms with Crippen LogP contribution in [0, 0.1) is 0 Å². The molecule has 0 fully saturated rings. The zero-order valence-electron chi connectivity index (χ0n) is 14.2. The molecule has 0 spiro atoms. The summed E-state index contributed by atoms with van der Waals surface area (Å²) in [5, 5.41) is 0. The van der Waals surface area contributed by atoms with Crippen LogP contribution >= 0.6 is 0 Å². The number of carbonyl (C=O) groups is 1. The zero-order valence-corrected chi connectivity index (χ0v) is 14.2. The molecular weight excluding hydrogens is 260 g/mol. The maximum Gasteiger partial charge on any atom is 0.305 e. The average molecular weight is 296 g/mol. The van der Waals surface area contributed by atoms with Gasteiger partial charge in [-0.3, -0.25) is 4.79 Å².